The summed E-state index contributed by atoms with van der Waals surface area (Å²) in [5.74, 6) is -0.0137. The van der Waals surface area contributed by atoms with Gasteiger partial charge in [-0.05, 0) is 45.0 Å². The maximum Gasteiger partial charge on any atom is 0.238 e. The van der Waals surface area contributed by atoms with E-state index in [0.717, 1.165) is 27.5 Å². The third kappa shape index (κ3) is 5.02. The Morgan fingerprint density at radius 2 is 1.85 bits per heavy atom. The first-order valence-corrected chi connectivity index (χ1v) is 9.86. The van der Waals surface area contributed by atoms with E-state index in [0.29, 0.717) is 13.1 Å². The van der Waals surface area contributed by atoms with Gasteiger partial charge >= 0.3 is 0 Å². The minimum absolute atomic E-state index is 0.0137. The molecule has 2 aromatic carbocycles. The second kappa shape index (κ2) is 8.46. The van der Waals surface area contributed by atoms with Crippen LogP contribution in [0.2, 0.25) is 0 Å². The Hall–Kier alpha value is -2.50. The van der Waals surface area contributed by atoms with E-state index in [4.69, 9.17) is 4.98 Å². The summed E-state index contributed by atoms with van der Waals surface area (Å²) < 4.78 is 0. The van der Waals surface area contributed by atoms with Crippen LogP contribution in [0.25, 0.3) is 10.6 Å². The summed E-state index contributed by atoms with van der Waals surface area (Å²) in [5.41, 5.74) is 6.52. The van der Waals surface area contributed by atoms with Crippen LogP contribution < -0.4 is 5.32 Å². The number of likely N-dealkylation sites (N-methyl/N-ethyl adjacent to an activating group) is 1. The Morgan fingerprint density at radius 1 is 1.11 bits per heavy atom. The quantitative estimate of drug-likeness (QED) is 0.669. The summed E-state index contributed by atoms with van der Waals surface area (Å²) in [4.78, 5) is 19.1. The first-order valence-electron chi connectivity index (χ1n) is 8.98. The third-order valence-electron chi connectivity index (χ3n) is 4.57. The van der Waals surface area contributed by atoms with E-state index in [1.54, 1.807) is 11.3 Å². The fourth-order valence-corrected chi connectivity index (χ4v) is 3.68. The van der Waals surface area contributed by atoms with E-state index >= 15 is 0 Å². The molecule has 0 radical (unpaired) electrons. The highest BCUT2D eigenvalue weighted by Gasteiger charge is 2.12. The molecule has 0 atom stereocenters. The summed E-state index contributed by atoms with van der Waals surface area (Å²) in [7, 11) is 1.94. The maximum absolute atomic E-state index is 12.4. The summed E-state index contributed by atoms with van der Waals surface area (Å²) >= 11 is 1.64. The van der Waals surface area contributed by atoms with Crippen LogP contribution in [0.4, 0.5) is 5.69 Å². The van der Waals surface area contributed by atoms with Gasteiger partial charge in [0, 0.05) is 23.2 Å². The molecule has 1 N–H and O–H groups in total. The number of hydrogen-bond donors (Lipinski definition) is 1. The molecule has 0 saturated carbocycles. The molecule has 3 rings (SSSR count). The topological polar surface area (TPSA) is 45.2 Å². The Balaban J connectivity index is 1.57. The fraction of sp³-hybridized carbons (Fsp3) is 0.273. The SMILES string of the molecule is Cc1ccc(-c2nc(CN(C)CC(=O)Nc3cccc(C)c3C)cs2)cc1. The molecule has 27 heavy (non-hydrogen) atoms. The van der Waals surface area contributed by atoms with E-state index in [2.05, 4.69) is 41.9 Å². The fourth-order valence-electron chi connectivity index (χ4n) is 2.86. The van der Waals surface area contributed by atoms with Crippen LogP contribution in [0.3, 0.4) is 0 Å². The molecule has 0 saturated heterocycles. The van der Waals surface area contributed by atoms with Crippen LogP contribution in [0.1, 0.15) is 22.4 Å². The zero-order valence-electron chi connectivity index (χ0n) is 16.2. The van der Waals surface area contributed by atoms with Gasteiger partial charge in [-0.1, -0.05) is 42.0 Å². The number of rotatable bonds is 6. The lowest BCUT2D eigenvalue weighted by atomic mass is 10.1. The maximum atomic E-state index is 12.4. The minimum atomic E-state index is -0.0137. The first kappa shape index (κ1) is 19.3. The molecule has 0 unspecified atom stereocenters. The van der Waals surface area contributed by atoms with Crippen molar-refractivity contribution in [2.75, 3.05) is 18.9 Å². The average molecular weight is 380 g/mol. The van der Waals surface area contributed by atoms with Crippen LogP contribution in [0.5, 0.6) is 0 Å². The van der Waals surface area contributed by atoms with Crippen molar-refractivity contribution in [1.29, 1.82) is 0 Å². The molecule has 1 amide bonds. The molecular formula is C22H25N3OS. The number of aromatic nitrogens is 1. The van der Waals surface area contributed by atoms with Gasteiger partial charge < -0.3 is 5.32 Å². The number of thiazole rings is 1. The van der Waals surface area contributed by atoms with Gasteiger partial charge in [-0.15, -0.1) is 11.3 Å². The minimum Gasteiger partial charge on any atom is -0.325 e. The molecule has 0 spiro atoms. The molecular weight excluding hydrogens is 354 g/mol. The molecule has 3 aromatic rings. The molecule has 140 valence electrons. The molecule has 0 bridgehead atoms. The second-order valence-corrected chi connectivity index (χ2v) is 7.84. The van der Waals surface area contributed by atoms with Crippen LogP contribution in [0.15, 0.2) is 47.8 Å². The predicted octanol–water partition coefficient (Wildman–Crippen LogP) is 4.81. The predicted molar refractivity (Wildman–Crippen MR) is 113 cm³/mol. The number of nitrogens with zero attached hydrogens (tertiary/aromatic N) is 2. The Bertz CT molecular complexity index is 931. The van der Waals surface area contributed by atoms with Crippen molar-refractivity contribution in [3.8, 4) is 10.6 Å². The van der Waals surface area contributed by atoms with Crippen molar-refractivity contribution < 1.29 is 4.79 Å². The van der Waals surface area contributed by atoms with Crippen molar-refractivity contribution in [3.05, 3.63) is 70.2 Å². The molecule has 0 aliphatic heterocycles. The monoisotopic (exact) mass is 379 g/mol. The Morgan fingerprint density at radius 3 is 2.59 bits per heavy atom. The van der Waals surface area contributed by atoms with Gasteiger partial charge in [0.15, 0.2) is 0 Å². The van der Waals surface area contributed by atoms with E-state index in [1.165, 1.54) is 11.1 Å². The van der Waals surface area contributed by atoms with Crippen molar-refractivity contribution in [1.82, 2.24) is 9.88 Å². The summed E-state index contributed by atoms with van der Waals surface area (Å²) in [6, 6.07) is 14.3. The van der Waals surface area contributed by atoms with Crippen molar-refractivity contribution in [2.45, 2.75) is 27.3 Å². The molecule has 0 fully saturated rings. The number of amides is 1. The summed E-state index contributed by atoms with van der Waals surface area (Å²) in [5, 5.41) is 6.08. The van der Waals surface area contributed by atoms with Gasteiger partial charge in [0.05, 0.1) is 12.2 Å². The molecule has 1 heterocycles. The van der Waals surface area contributed by atoms with Gasteiger partial charge in [0.25, 0.3) is 0 Å². The van der Waals surface area contributed by atoms with E-state index in [1.807, 2.05) is 44.0 Å². The van der Waals surface area contributed by atoms with Crippen LogP contribution in [-0.4, -0.2) is 29.4 Å². The highest BCUT2D eigenvalue weighted by Crippen LogP contribution is 2.24. The Kier molecular flexibility index (Phi) is 6.04. The molecule has 5 heteroatoms. The number of nitrogens with one attached hydrogen (secondary N) is 1. The number of carbonyl (C=O) groups is 1. The van der Waals surface area contributed by atoms with Crippen LogP contribution >= 0.6 is 11.3 Å². The largest absolute Gasteiger partial charge is 0.325 e. The first-order chi connectivity index (χ1) is 12.9. The van der Waals surface area contributed by atoms with E-state index < -0.39 is 0 Å². The smallest absolute Gasteiger partial charge is 0.238 e. The standard InChI is InChI=1S/C22H25N3OS/c1-15-8-10-18(11-9-15)22-23-19(14-27-22)12-25(4)13-21(26)24-20-7-5-6-16(2)17(20)3/h5-11,14H,12-13H2,1-4H3,(H,24,26). The Labute approximate surface area is 164 Å². The molecule has 4 nitrogen and oxygen atoms in total. The van der Waals surface area contributed by atoms with Gasteiger partial charge in [-0.25, -0.2) is 4.98 Å². The highest BCUT2D eigenvalue weighted by molar-refractivity contribution is 7.13. The van der Waals surface area contributed by atoms with Crippen molar-refractivity contribution in [2.24, 2.45) is 0 Å². The van der Waals surface area contributed by atoms with Gasteiger partial charge in [-0.3, -0.25) is 9.69 Å². The molecule has 1 aromatic heterocycles. The lowest BCUT2D eigenvalue weighted by Gasteiger charge is -2.16. The number of benzene rings is 2. The lowest BCUT2D eigenvalue weighted by Crippen LogP contribution is -2.30. The zero-order valence-corrected chi connectivity index (χ0v) is 17.1. The van der Waals surface area contributed by atoms with Crippen molar-refractivity contribution >= 4 is 22.9 Å². The van der Waals surface area contributed by atoms with Crippen LogP contribution in [0, 0.1) is 20.8 Å². The van der Waals surface area contributed by atoms with Crippen LogP contribution in [-0.2, 0) is 11.3 Å². The van der Waals surface area contributed by atoms with Gasteiger partial charge in [0.1, 0.15) is 5.01 Å². The van der Waals surface area contributed by atoms with Gasteiger partial charge in [0.2, 0.25) is 5.91 Å². The highest BCUT2D eigenvalue weighted by atomic mass is 32.1. The number of anilines is 1. The molecule has 0 aliphatic rings. The number of aryl methyl sites for hydroxylation is 2. The lowest BCUT2D eigenvalue weighted by molar-refractivity contribution is -0.117. The number of carbonyl (C=O) groups excluding carboxylic acids is 1. The normalized spacial score (nSPS) is 11.0. The third-order valence-corrected chi connectivity index (χ3v) is 5.51. The van der Waals surface area contributed by atoms with Gasteiger partial charge in [-0.2, -0.15) is 0 Å². The number of hydrogen-bond acceptors (Lipinski definition) is 4. The second-order valence-electron chi connectivity index (χ2n) is 6.98. The summed E-state index contributed by atoms with van der Waals surface area (Å²) in [6.07, 6.45) is 0. The van der Waals surface area contributed by atoms with E-state index in [9.17, 15) is 4.79 Å². The molecule has 0 aliphatic carbocycles. The van der Waals surface area contributed by atoms with E-state index in [-0.39, 0.29) is 5.91 Å². The summed E-state index contributed by atoms with van der Waals surface area (Å²) in [6.45, 7) is 7.12. The average Bonchev–Trinajstić information content (AvgIpc) is 3.07. The van der Waals surface area contributed by atoms with Crippen molar-refractivity contribution in [3.63, 3.8) is 0 Å². The zero-order chi connectivity index (χ0) is 19.4.